The fourth-order valence-electron chi connectivity index (χ4n) is 1.95. The van der Waals surface area contributed by atoms with Crippen molar-refractivity contribution in [2.45, 2.75) is 5.16 Å². The fourth-order valence-corrected chi connectivity index (χ4v) is 2.64. The third kappa shape index (κ3) is 3.43. The summed E-state index contributed by atoms with van der Waals surface area (Å²) >= 11 is 1.22. The van der Waals surface area contributed by atoms with Crippen LogP contribution >= 0.6 is 11.8 Å². The molecule has 0 saturated carbocycles. The van der Waals surface area contributed by atoms with Gasteiger partial charge < -0.3 is 10.3 Å². The van der Waals surface area contributed by atoms with Gasteiger partial charge >= 0.3 is 0 Å². The summed E-state index contributed by atoms with van der Waals surface area (Å²) in [6.45, 7) is 0. The quantitative estimate of drug-likeness (QED) is 0.723. The van der Waals surface area contributed by atoms with Gasteiger partial charge in [0.05, 0.1) is 16.8 Å². The van der Waals surface area contributed by atoms with Crippen LogP contribution in [0.15, 0.2) is 47.6 Å². The maximum atomic E-state index is 13.0. The molecule has 0 spiro atoms. The van der Waals surface area contributed by atoms with E-state index in [-0.39, 0.29) is 17.3 Å². The number of hydrogen-bond donors (Lipinski definition) is 2. The van der Waals surface area contributed by atoms with Crippen molar-refractivity contribution in [3.05, 3.63) is 54.1 Å². The topological polar surface area (TPSA) is 57.8 Å². The number of amides is 1. The van der Waals surface area contributed by atoms with Crippen molar-refractivity contribution in [2.24, 2.45) is 0 Å². The van der Waals surface area contributed by atoms with Crippen molar-refractivity contribution in [3.8, 4) is 0 Å². The molecule has 112 valence electrons. The van der Waals surface area contributed by atoms with Gasteiger partial charge in [0.25, 0.3) is 0 Å². The molecule has 0 saturated heterocycles. The molecule has 0 atom stereocenters. The summed E-state index contributed by atoms with van der Waals surface area (Å²) in [5.74, 6) is -1.76. The molecule has 22 heavy (non-hydrogen) atoms. The number of rotatable bonds is 4. The molecule has 0 fully saturated rings. The van der Waals surface area contributed by atoms with Gasteiger partial charge in [-0.3, -0.25) is 4.79 Å². The van der Waals surface area contributed by atoms with Gasteiger partial charge in [-0.2, -0.15) is 0 Å². The lowest BCUT2D eigenvalue weighted by Gasteiger charge is -2.04. The van der Waals surface area contributed by atoms with E-state index in [2.05, 4.69) is 15.3 Å². The number of anilines is 1. The van der Waals surface area contributed by atoms with Crippen LogP contribution in [0.1, 0.15) is 0 Å². The number of benzene rings is 2. The number of carbonyl (C=O) groups excluding carboxylic acids is 1. The lowest BCUT2D eigenvalue weighted by atomic mass is 10.3. The summed E-state index contributed by atoms with van der Waals surface area (Å²) in [5, 5.41) is 3.06. The van der Waals surface area contributed by atoms with Crippen molar-refractivity contribution in [2.75, 3.05) is 11.1 Å². The molecule has 3 aromatic rings. The third-order valence-electron chi connectivity index (χ3n) is 2.85. The first kappa shape index (κ1) is 14.5. The highest BCUT2D eigenvalue weighted by Crippen LogP contribution is 2.19. The van der Waals surface area contributed by atoms with Crippen molar-refractivity contribution in [1.29, 1.82) is 0 Å². The van der Waals surface area contributed by atoms with Gasteiger partial charge in [-0.25, -0.2) is 13.8 Å². The van der Waals surface area contributed by atoms with Crippen molar-refractivity contribution < 1.29 is 13.6 Å². The molecule has 0 radical (unpaired) electrons. The van der Waals surface area contributed by atoms with Gasteiger partial charge in [0.1, 0.15) is 11.6 Å². The molecule has 1 amide bonds. The molecule has 0 aliphatic rings. The van der Waals surface area contributed by atoms with Gasteiger partial charge in [-0.15, -0.1) is 0 Å². The summed E-state index contributed by atoms with van der Waals surface area (Å²) in [4.78, 5) is 19.2. The first-order valence-corrected chi connectivity index (χ1v) is 7.42. The molecule has 0 aliphatic heterocycles. The maximum absolute atomic E-state index is 13.0. The third-order valence-corrected chi connectivity index (χ3v) is 3.73. The Balaban J connectivity index is 1.62. The lowest BCUT2D eigenvalue weighted by molar-refractivity contribution is -0.113. The molecule has 2 N–H and O–H groups in total. The van der Waals surface area contributed by atoms with Crippen LogP contribution in [-0.4, -0.2) is 21.6 Å². The van der Waals surface area contributed by atoms with Crippen LogP contribution in [0.25, 0.3) is 11.0 Å². The number of halogens is 2. The summed E-state index contributed by atoms with van der Waals surface area (Å²) < 4.78 is 26.1. The van der Waals surface area contributed by atoms with Crippen molar-refractivity contribution in [3.63, 3.8) is 0 Å². The second-order valence-corrected chi connectivity index (χ2v) is 5.52. The average molecular weight is 319 g/mol. The van der Waals surface area contributed by atoms with Crippen LogP contribution in [0, 0.1) is 11.6 Å². The number of imidazole rings is 1. The Labute approximate surface area is 128 Å². The molecule has 0 aliphatic carbocycles. The highest BCUT2D eigenvalue weighted by Gasteiger charge is 2.08. The van der Waals surface area contributed by atoms with Gasteiger partial charge in [0, 0.05) is 11.8 Å². The first-order valence-electron chi connectivity index (χ1n) is 6.44. The maximum Gasteiger partial charge on any atom is 0.234 e. The van der Waals surface area contributed by atoms with E-state index in [4.69, 9.17) is 0 Å². The number of fused-ring (bicyclic) bond motifs is 1. The van der Waals surface area contributed by atoms with Crippen molar-refractivity contribution >= 4 is 34.4 Å². The Morgan fingerprint density at radius 2 is 1.91 bits per heavy atom. The normalized spacial score (nSPS) is 10.8. The molecule has 3 rings (SSSR count). The molecule has 1 aromatic heterocycles. The Morgan fingerprint density at radius 1 is 1.18 bits per heavy atom. The van der Waals surface area contributed by atoms with Gasteiger partial charge in [-0.1, -0.05) is 23.9 Å². The van der Waals surface area contributed by atoms with E-state index in [1.807, 2.05) is 24.3 Å². The number of nitrogens with one attached hydrogen (secondary N) is 2. The highest BCUT2D eigenvalue weighted by atomic mass is 32.2. The van der Waals surface area contributed by atoms with Crippen molar-refractivity contribution in [1.82, 2.24) is 9.97 Å². The van der Waals surface area contributed by atoms with E-state index in [0.29, 0.717) is 5.16 Å². The predicted octanol–water partition coefficient (Wildman–Crippen LogP) is 3.57. The monoisotopic (exact) mass is 319 g/mol. The second kappa shape index (κ2) is 6.15. The Kier molecular flexibility index (Phi) is 4.06. The number of aromatic nitrogens is 2. The van der Waals surface area contributed by atoms with Gasteiger partial charge in [0.15, 0.2) is 5.16 Å². The predicted molar refractivity (Wildman–Crippen MR) is 81.8 cm³/mol. The van der Waals surface area contributed by atoms with Crippen LogP contribution in [0.5, 0.6) is 0 Å². The van der Waals surface area contributed by atoms with E-state index in [9.17, 15) is 13.6 Å². The van der Waals surface area contributed by atoms with Crippen LogP contribution in [0.4, 0.5) is 14.5 Å². The molecule has 4 nitrogen and oxygen atoms in total. The number of carbonyl (C=O) groups is 1. The zero-order valence-electron chi connectivity index (χ0n) is 11.3. The van der Waals surface area contributed by atoms with Crippen LogP contribution < -0.4 is 5.32 Å². The molecule has 0 unspecified atom stereocenters. The number of hydrogen-bond acceptors (Lipinski definition) is 3. The number of aromatic amines is 1. The smallest absolute Gasteiger partial charge is 0.234 e. The Hall–Kier alpha value is -2.41. The van der Waals surface area contributed by atoms with E-state index in [0.717, 1.165) is 29.2 Å². The van der Waals surface area contributed by atoms with Gasteiger partial charge in [0.2, 0.25) is 5.91 Å². The van der Waals surface area contributed by atoms with E-state index >= 15 is 0 Å². The zero-order chi connectivity index (χ0) is 15.5. The van der Waals surface area contributed by atoms with Crippen LogP contribution in [0.2, 0.25) is 0 Å². The van der Waals surface area contributed by atoms with Gasteiger partial charge in [-0.05, 0) is 24.3 Å². The summed E-state index contributed by atoms with van der Waals surface area (Å²) in [6, 6.07) is 10.4. The van der Waals surface area contributed by atoms with Crippen LogP contribution in [0.3, 0.4) is 0 Å². The number of para-hydroxylation sites is 2. The summed E-state index contributed by atoms with van der Waals surface area (Å²) in [7, 11) is 0. The molecular formula is C15H11F2N3OS. The minimum atomic E-state index is -0.736. The molecule has 0 bridgehead atoms. The SMILES string of the molecule is O=C(CSc1nc2ccccc2[nH]1)Nc1cc(F)cc(F)c1. The first-order chi connectivity index (χ1) is 10.6. The molecule has 1 heterocycles. The standard InChI is InChI=1S/C15H11F2N3OS/c16-9-5-10(17)7-11(6-9)18-14(21)8-22-15-19-12-3-1-2-4-13(12)20-15/h1-7H,8H2,(H,18,21)(H,19,20). The Morgan fingerprint density at radius 3 is 2.64 bits per heavy atom. The van der Waals surface area contributed by atoms with Crippen LogP contribution in [-0.2, 0) is 4.79 Å². The minimum Gasteiger partial charge on any atom is -0.333 e. The Bertz CT molecular complexity index is 781. The highest BCUT2D eigenvalue weighted by molar-refractivity contribution is 7.99. The molecule has 2 aromatic carbocycles. The van der Waals surface area contributed by atoms with E-state index in [1.165, 1.54) is 11.8 Å². The average Bonchev–Trinajstić information content (AvgIpc) is 2.87. The minimum absolute atomic E-state index is 0.0813. The molecular weight excluding hydrogens is 308 g/mol. The lowest BCUT2D eigenvalue weighted by Crippen LogP contribution is -2.14. The van der Waals surface area contributed by atoms with E-state index < -0.39 is 11.6 Å². The summed E-state index contributed by atoms with van der Waals surface area (Å²) in [6.07, 6.45) is 0. The summed E-state index contributed by atoms with van der Waals surface area (Å²) in [5.41, 5.74) is 1.79. The largest absolute Gasteiger partial charge is 0.333 e. The van der Waals surface area contributed by atoms with E-state index in [1.54, 1.807) is 0 Å². The number of H-pyrrole nitrogens is 1. The number of thioether (sulfide) groups is 1. The fraction of sp³-hybridized carbons (Fsp3) is 0.0667. The zero-order valence-corrected chi connectivity index (χ0v) is 12.1. The second-order valence-electron chi connectivity index (χ2n) is 4.55. The number of nitrogens with zero attached hydrogens (tertiary/aromatic N) is 1. The molecule has 7 heteroatoms.